The topological polar surface area (TPSA) is 39.1 Å². The van der Waals surface area contributed by atoms with Crippen molar-refractivity contribution in [2.24, 2.45) is 0 Å². The highest BCUT2D eigenvalue weighted by Gasteiger charge is 2.04. The Morgan fingerprint density at radius 1 is 0.917 bits per heavy atom. The number of nitrogens with zero attached hydrogens (tertiary/aromatic N) is 1. The van der Waals surface area contributed by atoms with E-state index < -0.39 is 0 Å². The van der Waals surface area contributed by atoms with E-state index in [-0.39, 0.29) is 11.3 Å². The number of pyridine rings is 1. The van der Waals surface area contributed by atoms with Gasteiger partial charge in [-0.3, -0.25) is 9.59 Å². The van der Waals surface area contributed by atoms with Gasteiger partial charge in [0.1, 0.15) is 0 Å². The Kier molecular flexibility index (Phi) is 4.63. The summed E-state index contributed by atoms with van der Waals surface area (Å²) in [5, 5.41) is 0.672. The fourth-order valence-electron chi connectivity index (χ4n) is 2.51. The number of ketones is 1. The van der Waals surface area contributed by atoms with E-state index in [0.717, 1.165) is 16.7 Å². The summed E-state index contributed by atoms with van der Waals surface area (Å²) in [5.74, 6) is 0.0364. The van der Waals surface area contributed by atoms with Gasteiger partial charge in [0.05, 0.1) is 6.54 Å². The molecule has 0 aliphatic carbocycles. The maximum absolute atomic E-state index is 12.1. The van der Waals surface area contributed by atoms with E-state index in [4.69, 9.17) is 11.6 Å². The number of carbonyl (C=O) groups is 1. The lowest BCUT2D eigenvalue weighted by atomic mass is 10.0. The van der Waals surface area contributed by atoms with Crippen molar-refractivity contribution in [3.05, 3.63) is 93.4 Å². The summed E-state index contributed by atoms with van der Waals surface area (Å²) in [7, 11) is 0. The molecule has 0 aliphatic rings. The van der Waals surface area contributed by atoms with E-state index >= 15 is 0 Å². The number of hydrogen-bond acceptors (Lipinski definition) is 2. The molecular formula is C20H16ClNO2. The van der Waals surface area contributed by atoms with Crippen LogP contribution in [0.5, 0.6) is 0 Å². The highest BCUT2D eigenvalue weighted by atomic mass is 35.5. The third-order valence-corrected chi connectivity index (χ3v) is 4.13. The lowest BCUT2D eigenvalue weighted by molar-refractivity contribution is 0.101. The van der Waals surface area contributed by atoms with Crippen molar-refractivity contribution in [3.8, 4) is 11.1 Å². The van der Waals surface area contributed by atoms with Gasteiger partial charge in [-0.15, -0.1) is 0 Å². The molecule has 0 saturated carbocycles. The maximum Gasteiger partial charge on any atom is 0.250 e. The maximum atomic E-state index is 12.1. The molecular weight excluding hydrogens is 322 g/mol. The minimum atomic E-state index is -0.0611. The third-order valence-electron chi connectivity index (χ3n) is 3.87. The smallest absolute Gasteiger partial charge is 0.250 e. The zero-order chi connectivity index (χ0) is 17.1. The zero-order valence-corrected chi connectivity index (χ0v) is 14.0. The Morgan fingerprint density at radius 2 is 1.54 bits per heavy atom. The highest BCUT2D eigenvalue weighted by Crippen LogP contribution is 2.19. The molecule has 120 valence electrons. The van der Waals surface area contributed by atoms with Crippen molar-refractivity contribution in [1.29, 1.82) is 0 Å². The zero-order valence-electron chi connectivity index (χ0n) is 13.2. The molecule has 24 heavy (non-hydrogen) atoms. The van der Waals surface area contributed by atoms with Crippen LogP contribution in [-0.2, 0) is 6.54 Å². The summed E-state index contributed by atoms with van der Waals surface area (Å²) in [6, 6.07) is 18.2. The van der Waals surface area contributed by atoms with E-state index in [1.807, 2.05) is 42.6 Å². The van der Waals surface area contributed by atoms with E-state index in [9.17, 15) is 9.59 Å². The number of carbonyl (C=O) groups excluding carboxylic acids is 1. The lowest BCUT2D eigenvalue weighted by Crippen LogP contribution is -2.19. The van der Waals surface area contributed by atoms with E-state index in [1.165, 1.54) is 0 Å². The molecule has 0 unspecified atom stereocenters. The van der Waals surface area contributed by atoms with Crippen LogP contribution >= 0.6 is 11.6 Å². The Labute approximate surface area is 145 Å². The van der Waals surface area contributed by atoms with Crippen LogP contribution < -0.4 is 5.56 Å². The van der Waals surface area contributed by atoms with Crippen molar-refractivity contribution in [2.45, 2.75) is 13.5 Å². The number of halogens is 1. The van der Waals surface area contributed by atoms with E-state index in [1.54, 1.807) is 35.8 Å². The average Bonchev–Trinajstić information content (AvgIpc) is 2.59. The molecule has 0 N–H and O–H groups in total. The van der Waals surface area contributed by atoms with Crippen molar-refractivity contribution in [1.82, 2.24) is 4.57 Å². The molecule has 0 bridgehead atoms. The summed E-state index contributed by atoms with van der Waals surface area (Å²) in [5.41, 5.74) is 3.51. The van der Waals surface area contributed by atoms with Crippen LogP contribution in [0, 0.1) is 0 Å². The Balaban J connectivity index is 1.92. The minimum Gasteiger partial charge on any atom is -0.310 e. The van der Waals surface area contributed by atoms with Gasteiger partial charge in [0.2, 0.25) is 0 Å². The molecule has 0 amide bonds. The fourth-order valence-corrected chi connectivity index (χ4v) is 2.64. The summed E-state index contributed by atoms with van der Waals surface area (Å²) in [4.78, 5) is 23.5. The molecule has 1 heterocycles. The molecule has 3 nitrogen and oxygen atoms in total. The number of hydrogen-bond donors (Lipinski definition) is 0. The first kappa shape index (κ1) is 16.2. The first-order chi connectivity index (χ1) is 11.5. The summed E-state index contributed by atoms with van der Waals surface area (Å²) in [6.07, 6.45) is 1.83. The molecule has 0 aliphatic heterocycles. The van der Waals surface area contributed by atoms with Gasteiger partial charge in [-0.25, -0.2) is 0 Å². The Hall–Kier alpha value is -2.65. The van der Waals surface area contributed by atoms with E-state index in [2.05, 4.69) is 0 Å². The monoisotopic (exact) mass is 337 g/mol. The first-order valence-electron chi connectivity index (χ1n) is 7.59. The van der Waals surface area contributed by atoms with Crippen LogP contribution in [0.4, 0.5) is 0 Å². The number of benzene rings is 2. The van der Waals surface area contributed by atoms with Crippen LogP contribution in [-0.4, -0.2) is 10.4 Å². The molecule has 3 aromatic rings. The molecule has 4 heteroatoms. The van der Waals surface area contributed by atoms with Crippen molar-refractivity contribution in [3.63, 3.8) is 0 Å². The number of rotatable bonds is 4. The molecule has 2 aromatic carbocycles. The third kappa shape index (κ3) is 3.63. The van der Waals surface area contributed by atoms with Gasteiger partial charge in [-0.2, -0.15) is 0 Å². The molecule has 0 saturated heterocycles. The normalized spacial score (nSPS) is 10.6. The molecule has 0 spiro atoms. The lowest BCUT2D eigenvalue weighted by Gasteiger charge is -2.09. The second-order valence-corrected chi connectivity index (χ2v) is 6.08. The predicted octanol–water partition coefficient (Wildman–Crippen LogP) is 4.42. The Bertz CT molecular complexity index is 925. The minimum absolute atomic E-state index is 0.0364. The van der Waals surface area contributed by atoms with Gasteiger partial charge < -0.3 is 4.57 Å². The quantitative estimate of drug-likeness (QED) is 0.661. The Morgan fingerprint density at radius 3 is 2.17 bits per heavy atom. The van der Waals surface area contributed by atoms with Gasteiger partial charge in [-0.05, 0) is 41.8 Å². The predicted molar refractivity (Wildman–Crippen MR) is 96.7 cm³/mol. The largest absolute Gasteiger partial charge is 0.310 e. The summed E-state index contributed by atoms with van der Waals surface area (Å²) >= 11 is 5.89. The highest BCUT2D eigenvalue weighted by molar-refractivity contribution is 6.30. The van der Waals surface area contributed by atoms with Gasteiger partial charge in [-0.1, -0.05) is 48.0 Å². The summed E-state index contributed by atoms with van der Waals surface area (Å²) in [6.45, 7) is 2.02. The molecule has 0 atom stereocenters. The first-order valence-corrected chi connectivity index (χ1v) is 7.97. The standard InChI is InChI=1S/C20H16ClNO2/c1-14(23)16-4-6-17(7-5-16)18-8-11-20(24)22(13-18)12-15-2-9-19(21)10-3-15/h2-11,13H,12H2,1H3. The second kappa shape index (κ2) is 6.85. The van der Waals surface area contributed by atoms with Gasteiger partial charge in [0.15, 0.2) is 5.78 Å². The van der Waals surface area contributed by atoms with Crippen LogP contribution in [0.25, 0.3) is 11.1 Å². The van der Waals surface area contributed by atoms with Crippen LogP contribution in [0.15, 0.2) is 71.7 Å². The number of Topliss-reactive ketones (excluding diaryl/α,β-unsaturated/α-hetero) is 1. The van der Waals surface area contributed by atoms with Crippen LogP contribution in [0.2, 0.25) is 5.02 Å². The fraction of sp³-hybridized carbons (Fsp3) is 0.100. The average molecular weight is 338 g/mol. The molecule has 1 aromatic heterocycles. The number of aromatic nitrogens is 1. The van der Waals surface area contributed by atoms with Gasteiger partial charge in [0, 0.05) is 22.8 Å². The SMILES string of the molecule is CC(=O)c1ccc(-c2ccc(=O)n(Cc3ccc(Cl)cc3)c2)cc1. The van der Waals surface area contributed by atoms with Crippen LogP contribution in [0.1, 0.15) is 22.8 Å². The molecule has 3 rings (SSSR count). The molecule has 0 radical (unpaired) electrons. The van der Waals surface area contributed by atoms with Gasteiger partial charge in [0.25, 0.3) is 5.56 Å². The van der Waals surface area contributed by atoms with E-state index in [0.29, 0.717) is 17.1 Å². The van der Waals surface area contributed by atoms with Crippen LogP contribution in [0.3, 0.4) is 0 Å². The second-order valence-electron chi connectivity index (χ2n) is 5.64. The van der Waals surface area contributed by atoms with Crippen molar-refractivity contribution < 1.29 is 4.79 Å². The van der Waals surface area contributed by atoms with Crippen molar-refractivity contribution >= 4 is 17.4 Å². The van der Waals surface area contributed by atoms with Gasteiger partial charge >= 0.3 is 0 Å². The summed E-state index contributed by atoms with van der Waals surface area (Å²) < 4.78 is 1.66. The molecule has 0 fully saturated rings. The van der Waals surface area contributed by atoms with Crippen molar-refractivity contribution in [2.75, 3.05) is 0 Å².